The summed E-state index contributed by atoms with van der Waals surface area (Å²) in [6, 6.07) is 3.28. The average molecular weight is 304 g/mol. The van der Waals surface area contributed by atoms with E-state index in [-0.39, 0.29) is 17.9 Å². The van der Waals surface area contributed by atoms with Crippen LogP contribution in [0.5, 0.6) is 5.75 Å². The van der Waals surface area contributed by atoms with Crippen molar-refractivity contribution in [1.82, 2.24) is 0 Å². The zero-order valence-electron chi connectivity index (χ0n) is 11.1. The maximum absolute atomic E-state index is 13.1. The molecule has 1 unspecified atom stereocenters. The molecule has 1 aliphatic heterocycles. The van der Waals surface area contributed by atoms with Crippen LogP contribution >= 0.6 is 0 Å². The Morgan fingerprint density at radius 2 is 2.19 bits per heavy atom. The number of hydrogen-bond donors (Lipinski definition) is 2. The molecule has 0 radical (unpaired) electrons. The average Bonchev–Trinajstić information content (AvgIpc) is 2.47. The van der Waals surface area contributed by atoms with Crippen LogP contribution in [-0.2, 0) is 10.9 Å². The number of hydrogen-bond acceptors (Lipinski definition) is 4. The van der Waals surface area contributed by atoms with E-state index < -0.39 is 23.7 Å². The predicted octanol–water partition coefficient (Wildman–Crippen LogP) is 2.36. The smallest absolute Gasteiger partial charge is 0.419 e. The first-order chi connectivity index (χ1) is 9.91. The van der Waals surface area contributed by atoms with Crippen LogP contribution in [0.3, 0.4) is 0 Å². The van der Waals surface area contributed by atoms with Crippen molar-refractivity contribution in [1.29, 1.82) is 0 Å². The topological polar surface area (TPSA) is 77.1 Å². The third kappa shape index (κ3) is 3.78. The Hall–Kier alpha value is -1.96. The molecule has 1 atom stereocenters. The molecule has 3 N–H and O–H groups in total. The van der Waals surface area contributed by atoms with Crippen molar-refractivity contribution in [2.24, 2.45) is 10.9 Å². The Morgan fingerprint density at radius 3 is 2.76 bits per heavy atom. The van der Waals surface area contributed by atoms with Gasteiger partial charge in [0.1, 0.15) is 11.9 Å². The molecule has 21 heavy (non-hydrogen) atoms. The minimum Gasteiger partial charge on any atom is -0.487 e. The van der Waals surface area contributed by atoms with Gasteiger partial charge in [0.2, 0.25) is 0 Å². The number of amidine groups is 1. The molecule has 1 saturated heterocycles. The van der Waals surface area contributed by atoms with E-state index in [0.717, 1.165) is 12.5 Å². The van der Waals surface area contributed by atoms with Crippen molar-refractivity contribution in [2.45, 2.75) is 25.1 Å². The molecule has 0 spiro atoms. The summed E-state index contributed by atoms with van der Waals surface area (Å²) in [4.78, 5) is 0. The van der Waals surface area contributed by atoms with Gasteiger partial charge in [-0.3, -0.25) is 0 Å². The maximum Gasteiger partial charge on any atom is 0.419 e. The summed E-state index contributed by atoms with van der Waals surface area (Å²) in [6.07, 6.45) is -3.63. The zero-order valence-corrected chi connectivity index (χ0v) is 11.1. The number of ether oxygens (including phenoxy) is 2. The van der Waals surface area contributed by atoms with Gasteiger partial charge >= 0.3 is 6.18 Å². The molecule has 1 aromatic carbocycles. The first kappa shape index (κ1) is 15.4. The summed E-state index contributed by atoms with van der Waals surface area (Å²) in [6.45, 7) is 0.855. The molecule has 1 aliphatic rings. The highest BCUT2D eigenvalue weighted by molar-refractivity contribution is 5.97. The minimum atomic E-state index is -4.60. The van der Waals surface area contributed by atoms with Gasteiger partial charge in [0, 0.05) is 12.2 Å². The normalized spacial score (nSPS) is 20.3. The van der Waals surface area contributed by atoms with Gasteiger partial charge in [-0.25, -0.2) is 0 Å². The summed E-state index contributed by atoms with van der Waals surface area (Å²) >= 11 is 0. The number of halogens is 3. The third-order valence-corrected chi connectivity index (χ3v) is 3.10. The molecule has 116 valence electrons. The first-order valence-corrected chi connectivity index (χ1v) is 6.35. The second-order valence-electron chi connectivity index (χ2n) is 4.65. The maximum atomic E-state index is 13.1. The summed E-state index contributed by atoms with van der Waals surface area (Å²) in [5, 5.41) is 11.2. The molecule has 0 aromatic heterocycles. The fourth-order valence-corrected chi connectivity index (χ4v) is 2.06. The molecule has 1 aromatic rings. The lowest BCUT2D eigenvalue weighted by atomic mass is 10.1. The Bertz CT molecular complexity index is 526. The van der Waals surface area contributed by atoms with Gasteiger partial charge in [-0.05, 0) is 31.0 Å². The molecular formula is C13H15F3N2O3. The van der Waals surface area contributed by atoms with Crippen molar-refractivity contribution < 1.29 is 27.9 Å². The standard InChI is InChI=1S/C13H15F3N2O3/c14-13(15,16)10-6-8(12(17)18-19)3-4-11(10)21-9-2-1-5-20-7-9/h3-4,6,9,19H,1-2,5,7H2,(H2,17,18). The SMILES string of the molecule is N/C(=N/O)c1ccc(OC2CCCOC2)c(C(F)(F)F)c1. The van der Waals surface area contributed by atoms with Crippen molar-refractivity contribution in [3.63, 3.8) is 0 Å². The van der Waals surface area contributed by atoms with E-state index in [0.29, 0.717) is 13.0 Å². The first-order valence-electron chi connectivity index (χ1n) is 6.35. The van der Waals surface area contributed by atoms with Crippen molar-refractivity contribution in [3.05, 3.63) is 29.3 Å². The molecular weight excluding hydrogens is 289 g/mol. The molecule has 2 rings (SSSR count). The largest absolute Gasteiger partial charge is 0.487 e. The van der Waals surface area contributed by atoms with E-state index in [2.05, 4.69) is 5.16 Å². The highest BCUT2D eigenvalue weighted by atomic mass is 19.4. The van der Waals surface area contributed by atoms with Crippen LogP contribution in [0, 0.1) is 0 Å². The van der Waals surface area contributed by atoms with Crippen LogP contribution < -0.4 is 10.5 Å². The summed E-state index contributed by atoms with van der Waals surface area (Å²) < 4.78 is 49.9. The molecule has 0 bridgehead atoms. The number of oxime groups is 1. The Balaban J connectivity index is 2.31. The van der Waals surface area contributed by atoms with E-state index in [1.54, 1.807) is 0 Å². The summed E-state index contributed by atoms with van der Waals surface area (Å²) in [5.74, 6) is -0.680. The van der Waals surface area contributed by atoms with Gasteiger partial charge in [-0.2, -0.15) is 13.2 Å². The van der Waals surface area contributed by atoms with Gasteiger partial charge in [0.15, 0.2) is 5.84 Å². The monoisotopic (exact) mass is 304 g/mol. The van der Waals surface area contributed by atoms with Gasteiger partial charge in [0.25, 0.3) is 0 Å². The van der Waals surface area contributed by atoms with Crippen molar-refractivity contribution >= 4 is 5.84 Å². The molecule has 0 saturated carbocycles. The fourth-order valence-electron chi connectivity index (χ4n) is 2.06. The van der Waals surface area contributed by atoms with Crippen LogP contribution in [0.1, 0.15) is 24.0 Å². The third-order valence-electron chi connectivity index (χ3n) is 3.10. The number of benzene rings is 1. The quantitative estimate of drug-likeness (QED) is 0.389. The van der Waals surface area contributed by atoms with Crippen LogP contribution in [0.2, 0.25) is 0 Å². The second-order valence-corrected chi connectivity index (χ2v) is 4.65. The summed E-state index contributed by atoms with van der Waals surface area (Å²) in [5.41, 5.74) is 4.32. The van der Waals surface area contributed by atoms with Crippen molar-refractivity contribution in [2.75, 3.05) is 13.2 Å². The lowest BCUT2D eigenvalue weighted by Crippen LogP contribution is -2.29. The molecule has 0 aliphatic carbocycles. The molecule has 0 amide bonds. The number of alkyl halides is 3. The van der Waals surface area contributed by atoms with E-state index in [1.807, 2.05) is 0 Å². The number of rotatable bonds is 3. The van der Waals surface area contributed by atoms with E-state index in [1.165, 1.54) is 12.1 Å². The second kappa shape index (κ2) is 6.21. The highest BCUT2D eigenvalue weighted by Gasteiger charge is 2.35. The van der Waals surface area contributed by atoms with Crippen LogP contribution in [0.25, 0.3) is 0 Å². The van der Waals surface area contributed by atoms with Gasteiger partial charge < -0.3 is 20.4 Å². The Morgan fingerprint density at radius 1 is 1.43 bits per heavy atom. The lowest BCUT2D eigenvalue weighted by molar-refractivity contribution is -0.139. The summed E-state index contributed by atoms with van der Waals surface area (Å²) in [7, 11) is 0. The van der Waals surface area contributed by atoms with Gasteiger partial charge in [-0.15, -0.1) is 0 Å². The molecule has 1 heterocycles. The molecule has 1 fully saturated rings. The Kier molecular flexibility index (Phi) is 4.56. The predicted molar refractivity (Wildman–Crippen MR) is 68.4 cm³/mol. The van der Waals surface area contributed by atoms with Crippen LogP contribution in [0.4, 0.5) is 13.2 Å². The van der Waals surface area contributed by atoms with E-state index in [9.17, 15) is 13.2 Å². The molecule has 8 heteroatoms. The Labute approximate surface area is 119 Å². The molecule has 5 nitrogen and oxygen atoms in total. The van der Waals surface area contributed by atoms with E-state index >= 15 is 0 Å². The van der Waals surface area contributed by atoms with Crippen LogP contribution in [-0.4, -0.2) is 30.4 Å². The minimum absolute atomic E-state index is 0.0305. The van der Waals surface area contributed by atoms with E-state index in [4.69, 9.17) is 20.4 Å². The van der Waals surface area contributed by atoms with Crippen LogP contribution in [0.15, 0.2) is 23.4 Å². The fraction of sp³-hybridized carbons (Fsp3) is 0.462. The highest BCUT2D eigenvalue weighted by Crippen LogP contribution is 2.37. The zero-order chi connectivity index (χ0) is 15.5. The lowest BCUT2D eigenvalue weighted by Gasteiger charge is -2.25. The number of nitrogens with two attached hydrogens (primary N) is 1. The van der Waals surface area contributed by atoms with Crippen molar-refractivity contribution in [3.8, 4) is 5.75 Å². The van der Waals surface area contributed by atoms with Gasteiger partial charge in [0.05, 0.1) is 12.2 Å². The number of nitrogens with zero attached hydrogens (tertiary/aromatic N) is 1. The van der Waals surface area contributed by atoms with Gasteiger partial charge in [-0.1, -0.05) is 5.16 Å².